The van der Waals surface area contributed by atoms with Crippen LogP contribution in [0.2, 0.25) is 0 Å². The Kier molecular flexibility index (Phi) is 3.74. The Bertz CT molecular complexity index is 598. The Labute approximate surface area is 107 Å². The third-order valence-electron chi connectivity index (χ3n) is 2.16. The molecule has 100 valence electrons. The van der Waals surface area contributed by atoms with Gasteiger partial charge in [-0.15, -0.1) is 0 Å². The number of nitrogens with zero attached hydrogens (tertiary/aromatic N) is 1. The fourth-order valence-electron chi connectivity index (χ4n) is 1.34. The van der Waals surface area contributed by atoms with E-state index in [0.717, 1.165) is 24.5 Å². The minimum Gasteiger partial charge on any atom is -0.461 e. The Morgan fingerprint density at radius 1 is 1.47 bits per heavy atom. The number of anilines is 2. The molecule has 0 unspecified atom stereocenters. The van der Waals surface area contributed by atoms with Crippen LogP contribution in [0.3, 0.4) is 0 Å². The van der Waals surface area contributed by atoms with E-state index in [0.29, 0.717) is 0 Å². The average molecular weight is 268 g/mol. The number of carbonyl (C=O) groups excluding carboxylic acids is 1. The zero-order chi connectivity index (χ0) is 13.8. The first-order valence-electron chi connectivity index (χ1n) is 5.45. The summed E-state index contributed by atoms with van der Waals surface area (Å²) in [5.41, 5.74) is -0.196. The van der Waals surface area contributed by atoms with Gasteiger partial charge in [0, 0.05) is 6.07 Å². The summed E-state index contributed by atoms with van der Waals surface area (Å²) in [5, 5.41) is 2.43. The molecular formula is C12H10F2N2O3. The quantitative estimate of drug-likeness (QED) is 0.864. The number of benzene rings is 1. The molecule has 1 aromatic heterocycles. The lowest BCUT2D eigenvalue weighted by Gasteiger charge is -2.02. The van der Waals surface area contributed by atoms with Crippen molar-refractivity contribution in [1.29, 1.82) is 0 Å². The second-order valence-corrected chi connectivity index (χ2v) is 3.51. The third-order valence-corrected chi connectivity index (χ3v) is 2.16. The van der Waals surface area contributed by atoms with Crippen LogP contribution in [-0.2, 0) is 4.74 Å². The summed E-state index contributed by atoms with van der Waals surface area (Å²) < 4.78 is 35.9. The Morgan fingerprint density at radius 3 is 3.00 bits per heavy atom. The molecule has 1 heterocycles. The highest BCUT2D eigenvalue weighted by Crippen LogP contribution is 2.20. The molecule has 0 saturated heterocycles. The number of hydrogen-bond acceptors (Lipinski definition) is 5. The molecule has 0 amide bonds. The third kappa shape index (κ3) is 3.06. The maximum atomic E-state index is 13.4. The first kappa shape index (κ1) is 13.0. The number of oxazole rings is 1. The second-order valence-electron chi connectivity index (χ2n) is 3.51. The molecular weight excluding hydrogens is 258 g/mol. The number of ether oxygens (including phenoxy) is 1. The molecule has 0 spiro atoms. The highest BCUT2D eigenvalue weighted by Gasteiger charge is 2.14. The van der Waals surface area contributed by atoms with Crippen molar-refractivity contribution in [3.8, 4) is 0 Å². The van der Waals surface area contributed by atoms with Crippen molar-refractivity contribution < 1.29 is 22.7 Å². The predicted octanol–water partition coefficient (Wildman–Crippen LogP) is 2.87. The zero-order valence-electron chi connectivity index (χ0n) is 9.94. The van der Waals surface area contributed by atoms with Gasteiger partial charge in [-0.2, -0.15) is 4.98 Å². The molecule has 0 bridgehead atoms. The SMILES string of the molecule is CCOC(=O)c1coc(Nc2cc(F)ccc2F)n1. The first-order chi connectivity index (χ1) is 9.10. The van der Waals surface area contributed by atoms with E-state index in [4.69, 9.17) is 9.15 Å². The van der Waals surface area contributed by atoms with E-state index >= 15 is 0 Å². The number of aromatic nitrogens is 1. The maximum absolute atomic E-state index is 13.4. The van der Waals surface area contributed by atoms with Crippen LogP contribution in [0, 0.1) is 11.6 Å². The summed E-state index contributed by atoms with van der Waals surface area (Å²) in [7, 11) is 0. The van der Waals surface area contributed by atoms with Gasteiger partial charge in [0.1, 0.15) is 17.9 Å². The molecule has 0 radical (unpaired) electrons. The number of rotatable bonds is 4. The van der Waals surface area contributed by atoms with Gasteiger partial charge >= 0.3 is 5.97 Å². The molecule has 0 fully saturated rings. The molecule has 0 atom stereocenters. The number of hydrogen-bond donors (Lipinski definition) is 1. The van der Waals surface area contributed by atoms with Crippen LogP contribution in [-0.4, -0.2) is 17.6 Å². The molecule has 0 aliphatic carbocycles. The van der Waals surface area contributed by atoms with Gasteiger partial charge in [0.25, 0.3) is 6.01 Å². The summed E-state index contributed by atoms with van der Waals surface area (Å²) in [6, 6.07) is 2.77. The van der Waals surface area contributed by atoms with Crippen molar-refractivity contribution in [2.45, 2.75) is 6.92 Å². The molecule has 1 aromatic carbocycles. The van der Waals surface area contributed by atoms with Gasteiger partial charge in [-0.05, 0) is 19.1 Å². The zero-order valence-corrected chi connectivity index (χ0v) is 9.94. The largest absolute Gasteiger partial charge is 0.461 e. The fraction of sp³-hybridized carbons (Fsp3) is 0.167. The van der Waals surface area contributed by atoms with Crippen LogP contribution in [0.25, 0.3) is 0 Å². The van der Waals surface area contributed by atoms with Crippen molar-refractivity contribution in [2.75, 3.05) is 11.9 Å². The molecule has 5 nitrogen and oxygen atoms in total. The highest BCUT2D eigenvalue weighted by atomic mass is 19.1. The monoisotopic (exact) mass is 268 g/mol. The molecule has 19 heavy (non-hydrogen) atoms. The van der Waals surface area contributed by atoms with E-state index in [9.17, 15) is 13.6 Å². The fourth-order valence-corrected chi connectivity index (χ4v) is 1.34. The van der Waals surface area contributed by atoms with Gasteiger partial charge in [0.2, 0.25) is 0 Å². The van der Waals surface area contributed by atoms with Crippen molar-refractivity contribution in [3.05, 3.63) is 41.8 Å². The topological polar surface area (TPSA) is 64.4 Å². The lowest BCUT2D eigenvalue weighted by atomic mass is 10.3. The van der Waals surface area contributed by atoms with E-state index in [2.05, 4.69) is 10.3 Å². The summed E-state index contributed by atoms with van der Waals surface area (Å²) in [6.07, 6.45) is 1.07. The van der Waals surface area contributed by atoms with Crippen LogP contribution in [0.1, 0.15) is 17.4 Å². The van der Waals surface area contributed by atoms with Gasteiger partial charge in [-0.25, -0.2) is 13.6 Å². The van der Waals surface area contributed by atoms with E-state index in [1.54, 1.807) is 6.92 Å². The normalized spacial score (nSPS) is 10.3. The summed E-state index contributed by atoms with van der Waals surface area (Å²) >= 11 is 0. The summed E-state index contributed by atoms with van der Waals surface area (Å²) in [4.78, 5) is 15.1. The standard InChI is InChI=1S/C12H10F2N2O3/c1-2-18-11(17)10-6-19-12(16-10)15-9-5-7(13)3-4-8(9)14/h3-6H,2H2,1H3,(H,15,16). The summed E-state index contributed by atoms with van der Waals surface area (Å²) in [5.74, 6) is -1.93. The van der Waals surface area contributed by atoms with Gasteiger partial charge in [-0.1, -0.05) is 0 Å². The Hall–Kier alpha value is -2.44. The second kappa shape index (κ2) is 5.47. The van der Waals surface area contributed by atoms with Crippen molar-refractivity contribution in [1.82, 2.24) is 4.98 Å². The smallest absolute Gasteiger partial charge is 0.360 e. The van der Waals surface area contributed by atoms with Crippen LogP contribution in [0.5, 0.6) is 0 Å². The van der Waals surface area contributed by atoms with Gasteiger partial charge in [0.05, 0.1) is 12.3 Å². The average Bonchev–Trinajstić information content (AvgIpc) is 2.83. The predicted molar refractivity (Wildman–Crippen MR) is 62.1 cm³/mol. The van der Waals surface area contributed by atoms with Crippen molar-refractivity contribution in [3.63, 3.8) is 0 Å². The Balaban J connectivity index is 2.15. The lowest BCUT2D eigenvalue weighted by molar-refractivity contribution is 0.0519. The minimum atomic E-state index is -0.669. The van der Waals surface area contributed by atoms with E-state index in [-0.39, 0.29) is 24.0 Å². The summed E-state index contributed by atoms with van der Waals surface area (Å²) in [6.45, 7) is 1.85. The number of nitrogens with one attached hydrogen (secondary N) is 1. The molecule has 2 rings (SSSR count). The number of carbonyl (C=O) groups is 1. The lowest BCUT2D eigenvalue weighted by Crippen LogP contribution is -2.05. The van der Waals surface area contributed by atoms with Crippen LogP contribution in [0.15, 0.2) is 28.9 Å². The van der Waals surface area contributed by atoms with Gasteiger partial charge < -0.3 is 14.5 Å². The van der Waals surface area contributed by atoms with Gasteiger partial charge in [0.15, 0.2) is 5.69 Å². The molecule has 0 aliphatic heterocycles. The van der Waals surface area contributed by atoms with E-state index in [1.807, 2.05) is 0 Å². The van der Waals surface area contributed by atoms with Gasteiger partial charge in [-0.3, -0.25) is 0 Å². The molecule has 0 aliphatic rings. The number of halogens is 2. The van der Waals surface area contributed by atoms with E-state index in [1.165, 1.54) is 0 Å². The van der Waals surface area contributed by atoms with Crippen LogP contribution < -0.4 is 5.32 Å². The molecule has 1 N–H and O–H groups in total. The number of esters is 1. The van der Waals surface area contributed by atoms with Crippen LogP contribution in [0.4, 0.5) is 20.5 Å². The minimum absolute atomic E-state index is 0.0545. The molecule has 2 aromatic rings. The molecule has 0 saturated carbocycles. The highest BCUT2D eigenvalue weighted by molar-refractivity contribution is 5.87. The van der Waals surface area contributed by atoms with Crippen molar-refractivity contribution in [2.24, 2.45) is 0 Å². The first-order valence-corrected chi connectivity index (χ1v) is 5.45. The van der Waals surface area contributed by atoms with Crippen molar-refractivity contribution >= 4 is 17.7 Å². The Morgan fingerprint density at radius 2 is 2.26 bits per heavy atom. The molecule has 7 heteroatoms. The maximum Gasteiger partial charge on any atom is 0.360 e. The van der Waals surface area contributed by atoms with E-state index < -0.39 is 17.6 Å². The van der Waals surface area contributed by atoms with Crippen LogP contribution >= 0.6 is 0 Å².